The van der Waals surface area contributed by atoms with Crippen LogP contribution in [0.3, 0.4) is 0 Å². The van der Waals surface area contributed by atoms with Crippen molar-refractivity contribution in [3.63, 3.8) is 0 Å². The number of carboxylic acid groups (broad SMARTS) is 1. The van der Waals surface area contributed by atoms with Crippen LogP contribution in [0.1, 0.15) is 36.5 Å². The Bertz CT molecular complexity index is 587. The van der Waals surface area contributed by atoms with Gasteiger partial charge in [-0.15, -0.1) is 0 Å². The molecule has 0 unspecified atom stereocenters. The van der Waals surface area contributed by atoms with Gasteiger partial charge in [-0.3, -0.25) is 9.69 Å². The number of aliphatic hydroxyl groups is 1. The molecule has 2 atom stereocenters. The molecule has 2 aliphatic rings. The second-order valence-corrected chi connectivity index (χ2v) is 6.55. The average molecular weight is 319 g/mol. The molecule has 5 heteroatoms. The van der Waals surface area contributed by atoms with Gasteiger partial charge in [0.05, 0.1) is 18.6 Å². The number of fused-ring (bicyclic) bond motifs is 1. The molecule has 1 aromatic rings. The second kappa shape index (κ2) is 6.89. The number of nitrogens with zero attached hydrogens (tertiary/aromatic N) is 1. The molecule has 23 heavy (non-hydrogen) atoms. The SMILES string of the molecule is CCOc1cc2c(cc1CN1CC[C@H](O)[C@@H](C(=O)O)C1)CCC2. The third-order valence-corrected chi connectivity index (χ3v) is 4.95. The monoisotopic (exact) mass is 319 g/mol. The maximum absolute atomic E-state index is 11.3. The molecule has 0 radical (unpaired) electrons. The number of carbonyl (C=O) groups is 1. The van der Waals surface area contributed by atoms with Crippen LogP contribution in [-0.2, 0) is 24.2 Å². The summed E-state index contributed by atoms with van der Waals surface area (Å²) >= 11 is 0. The van der Waals surface area contributed by atoms with Crippen molar-refractivity contribution in [3.8, 4) is 5.75 Å². The number of ether oxygens (including phenoxy) is 1. The lowest BCUT2D eigenvalue weighted by molar-refractivity contribution is -0.149. The van der Waals surface area contributed by atoms with Gasteiger partial charge < -0.3 is 14.9 Å². The van der Waals surface area contributed by atoms with E-state index in [-0.39, 0.29) is 0 Å². The first-order chi connectivity index (χ1) is 11.1. The molecule has 3 rings (SSSR count). The van der Waals surface area contributed by atoms with Crippen molar-refractivity contribution in [3.05, 3.63) is 28.8 Å². The molecule has 1 heterocycles. The van der Waals surface area contributed by atoms with Crippen molar-refractivity contribution in [2.75, 3.05) is 19.7 Å². The van der Waals surface area contributed by atoms with Crippen LogP contribution in [0.5, 0.6) is 5.75 Å². The zero-order valence-corrected chi connectivity index (χ0v) is 13.6. The predicted octanol–water partition coefficient (Wildman–Crippen LogP) is 1.84. The van der Waals surface area contributed by atoms with Gasteiger partial charge >= 0.3 is 5.97 Å². The predicted molar refractivity (Wildman–Crippen MR) is 86.7 cm³/mol. The standard InChI is InChI=1S/C18H25NO4/c1-2-23-17-9-13-5-3-4-12(13)8-14(17)10-19-7-6-16(20)15(11-19)18(21)22/h8-9,15-16,20H,2-7,10-11H2,1H3,(H,21,22)/t15-,16-/m0/s1. The van der Waals surface area contributed by atoms with Gasteiger partial charge in [-0.1, -0.05) is 6.07 Å². The van der Waals surface area contributed by atoms with Crippen LogP contribution in [0.2, 0.25) is 0 Å². The Labute approximate surface area is 136 Å². The highest BCUT2D eigenvalue weighted by Crippen LogP contribution is 2.31. The van der Waals surface area contributed by atoms with E-state index in [1.165, 1.54) is 17.5 Å². The van der Waals surface area contributed by atoms with Crippen molar-refractivity contribution in [1.29, 1.82) is 0 Å². The highest BCUT2D eigenvalue weighted by molar-refractivity contribution is 5.71. The van der Waals surface area contributed by atoms with Crippen molar-refractivity contribution < 1.29 is 19.7 Å². The number of aliphatic carboxylic acids is 1. The summed E-state index contributed by atoms with van der Waals surface area (Å²) in [7, 11) is 0. The number of aryl methyl sites for hydroxylation is 2. The Kier molecular flexibility index (Phi) is 4.87. The van der Waals surface area contributed by atoms with Gasteiger partial charge in [0.25, 0.3) is 0 Å². The Hall–Kier alpha value is -1.59. The molecule has 5 nitrogen and oxygen atoms in total. The third kappa shape index (κ3) is 3.51. The van der Waals surface area contributed by atoms with Crippen LogP contribution < -0.4 is 4.74 Å². The number of benzene rings is 1. The molecule has 1 saturated heterocycles. The summed E-state index contributed by atoms with van der Waals surface area (Å²) in [4.78, 5) is 13.4. The largest absolute Gasteiger partial charge is 0.494 e. The highest BCUT2D eigenvalue weighted by atomic mass is 16.5. The maximum Gasteiger partial charge on any atom is 0.310 e. The fourth-order valence-corrected chi connectivity index (χ4v) is 3.70. The Morgan fingerprint density at radius 1 is 1.35 bits per heavy atom. The van der Waals surface area contributed by atoms with Crippen LogP contribution in [0.4, 0.5) is 0 Å². The first-order valence-corrected chi connectivity index (χ1v) is 8.49. The van der Waals surface area contributed by atoms with Crippen molar-refractivity contribution >= 4 is 5.97 Å². The van der Waals surface area contributed by atoms with E-state index in [0.29, 0.717) is 32.7 Å². The number of carboxylic acids is 1. The van der Waals surface area contributed by atoms with E-state index in [4.69, 9.17) is 4.74 Å². The molecule has 1 aliphatic heterocycles. The lowest BCUT2D eigenvalue weighted by Gasteiger charge is -2.34. The number of aliphatic hydroxyl groups excluding tert-OH is 1. The summed E-state index contributed by atoms with van der Waals surface area (Å²) in [6.45, 7) is 4.39. The van der Waals surface area contributed by atoms with Crippen LogP contribution in [0.15, 0.2) is 12.1 Å². The molecule has 1 fully saturated rings. The summed E-state index contributed by atoms with van der Waals surface area (Å²) in [6.07, 6.45) is 3.20. The Balaban J connectivity index is 1.78. The second-order valence-electron chi connectivity index (χ2n) is 6.55. The molecule has 0 amide bonds. The first kappa shape index (κ1) is 16.3. The third-order valence-electron chi connectivity index (χ3n) is 4.95. The van der Waals surface area contributed by atoms with Gasteiger partial charge in [0.1, 0.15) is 5.75 Å². The summed E-state index contributed by atoms with van der Waals surface area (Å²) in [5.74, 6) is -0.693. The molecule has 1 aliphatic carbocycles. The number of piperidine rings is 1. The van der Waals surface area contributed by atoms with Crippen LogP contribution in [-0.4, -0.2) is 46.9 Å². The van der Waals surface area contributed by atoms with Crippen molar-refractivity contribution in [2.24, 2.45) is 5.92 Å². The van der Waals surface area contributed by atoms with Crippen LogP contribution in [0, 0.1) is 5.92 Å². The molecule has 0 saturated carbocycles. The number of hydrogen-bond donors (Lipinski definition) is 2. The highest BCUT2D eigenvalue weighted by Gasteiger charge is 2.33. The summed E-state index contributed by atoms with van der Waals surface area (Å²) in [5.41, 5.74) is 3.91. The Morgan fingerprint density at radius 3 is 2.78 bits per heavy atom. The molecule has 0 spiro atoms. The molecule has 126 valence electrons. The lowest BCUT2D eigenvalue weighted by atomic mass is 9.94. The van der Waals surface area contributed by atoms with E-state index < -0.39 is 18.0 Å². The van der Waals surface area contributed by atoms with Gasteiger partial charge in [-0.25, -0.2) is 0 Å². The molecule has 0 aromatic heterocycles. The molecular formula is C18H25NO4. The van der Waals surface area contributed by atoms with Crippen molar-refractivity contribution in [1.82, 2.24) is 4.90 Å². The zero-order valence-electron chi connectivity index (χ0n) is 13.6. The van der Waals surface area contributed by atoms with Crippen molar-refractivity contribution in [2.45, 2.75) is 45.3 Å². The quantitative estimate of drug-likeness (QED) is 0.867. The molecule has 2 N–H and O–H groups in total. The minimum absolute atomic E-state index is 0.388. The fraction of sp³-hybridized carbons (Fsp3) is 0.611. The summed E-state index contributed by atoms with van der Waals surface area (Å²) < 4.78 is 5.81. The molecular weight excluding hydrogens is 294 g/mol. The van der Waals surface area contributed by atoms with Crippen LogP contribution >= 0.6 is 0 Å². The van der Waals surface area contributed by atoms with Crippen LogP contribution in [0.25, 0.3) is 0 Å². The zero-order chi connectivity index (χ0) is 16.4. The maximum atomic E-state index is 11.3. The first-order valence-electron chi connectivity index (χ1n) is 8.49. The smallest absolute Gasteiger partial charge is 0.310 e. The van der Waals surface area contributed by atoms with E-state index in [1.54, 1.807) is 0 Å². The van der Waals surface area contributed by atoms with Gasteiger partial charge in [0.15, 0.2) is 0 Å². The lowest BCUT2D eigenvalue weighted by Crippen LogP contribution is -2.46. The summed E-state index contributed by atoms with van der Waals surface area (Å²) in [5, 5.41) is 19.1. The van der Waals surface area contributed by atoms with E-state index >= 15 is 0 Å². The topological polar surface area (TPSA) is 70.0 Å². The Morgan fingerprint density at radius 2 is 2.09 bits per heavy atom. The van der Waals surface area contributed by atoms with Gasteiger partial charge in [0, 0.05) is 25.2 Å². The molecule has 0 bridgehead atoms. The van der Waals surface area contributed by atoms with E-state index in [1.807, 2.05) is 6.92 Å². The van der Waals surface area contributed by atoms with Gasteiger partial charge in [0.2, 0.25) is 0 Å². The van der Waals surface area contributed by atoms with E-state index in [2.05, 4.69) is 17.0 Å². The van der Waals surface area contributed by atoms with E-state index in [9.17, 15) is 15.0 Å². The number of likely N-dealkylation sites (tertiary alicyclic amines) is 1. The summed E-state index contributed by atoms with van der Waals surface area (Å²) in [6, 6.07) is 4.39. The van der Waals surface area contributed by atoms with E-state index in [0.717, 1.165) is 24.2 Å². The minimum Gasteiger partial charge on any atom is -0.494 e. The normalized spacial score (nSPS) is 24.4. The fourth-order valence-electron chi connectivity index (χ4n) is 3.70. The van der Waals surface area contributed by atoms with Gasteiger partial charge in [-0.2, -0.15) is 0 Å². The number of hydrogen-bond acceptors (Lipinski definition) is 4. The molecule has 1 aromatic carbocycles. The van der Waals surface area contributed by atoms with Gasteiger partial charge in [-0.05, 0) is 49.8 Å². The number of rotatable bonds is 5. The average Bonchev–Trinajstić information content (AvgIpc) is 2.96. The minimum atomic E-state index is -0.916.